The zero-order valence-electron chi connectivity index (χ0n) is 14.0. The highest BCUT2D eigenvalue weighted by atomic mass is 32.2. The second-order valence-electron chi connectivity index (χ2n) is 6.16. The topological polar surface area (TPSA) is 97.8 Å². The van der Waals surface area contributed by atoms with Crippen molar-refractivity contribution in [3.05, 3.63) is 18.2 Å². The first kappa shape index (κ1) is 17.8. The van der Waals surface area contributed by atoms with Crippen molar-refractivity contribution < 1.29 is 22.7 Å². The summed E-state index contributed by atoms with van der Waals surface area (Å²) in [5.74, 6) is -0.206. The summed E-state index contributed by atoms with van der Waals surface area (Å²) in [4.78, 5) is 16.7. The van der Waals surface area contributed by atoms with Crippen LogP contribution in [-0.2, 0) is 24.3 Å². The minimum absolute atomic E-state index is 0.206. The fraction of sp³-hybridized carbons (Fsp3) is 0.500. The van der Waals surface area contributed by atoms with Crippen LogP contribution in [0, 0.1) is 0 Å². The molecule has 1 amide bonds. The Morgan fingerprint density at radius 1 is 1.27 bits per heavy atom. The molecule has 2 aliphatic heterocycles. The van der Waals surface area contributed by atoms with Crippen molar-refractivity contribution in [3.8, 4) is 0 Å². The Bertz CT molecular complexity index is 915. The molecule has 26 heavy (non-hydrogen) atoms. The van der Waals surface area contributed by atoms with E-state index in [1.54, 1.807) is 18.2 Å². The van der Waals surface area contributed by atoms with Crippen LogP contribution < -0.4 is 5.32 Å². The Hall–Kier alpha value is -1.59. The number of carbonyl (C=O) groups excluding carboxylic acids is 1. The first-order valence-electron chi connectivity index (χ1n) is 8.45. The van der Waals surface area contributed by atoms with E-state index in [2.05, 4.69) is 10.3 Å². The van der Waals surface area contributed by atoms with Crippen LogP contribution in [0.4, 0.5) is 5.13 Å². The number of carbonyl (C=O) groups is 1. The Kier molecular flexibility index (Phi) is 4.93. The number of morpholine rings is 1. The largest absolute Gasteiger partial charge is 0.379 e. The molecule has 0 radical (unpaired) electrons. The molecule has 0 bridgehead atoms. The summed E-state index contributed by atoms with van der Waals surface area (Å²) >= 11 is 1.26. The van der Waals surface area contributed by atoms with Crippen LogP contribution >= 0.6 is 11.3 Å². The van der Waals surface area contributed by atoms with Crippen LogP contribution in [0.5, 0.6) is 0 Å². The first-order valence-corrected chi connectivity index (χ1v) is 10.7. The molecule has 1 aromatic heterocycles. The number of anilines is 1. The van der Waals surface area contributed by atoms with Crippen molar-refractivity contribution >= 4 is 42.6 Å². The number of sulfonamides is 1. The number of amides is 1. The highest BCUT2D eigenvalue weighted by molar-refractivity contribution is 7.89. The molecular weight excluding hydrogens is 378 g/mol. The minimum atomic E-state index is -3.56. The highest BCUT2D eigenvalue weighted by Gasteiger charge is 2.27. The number of thiazole rings is 1. The van der Waals surface area contributed by atoms with Gasteiger partial charge in [0.1, 0.15) is 6.10 Å². The lowest BCUT2D eigenvalue weighted by Gasteiger charge is -2.25. The number of fused-ring (bicyclic) bond motifs is 1. The van der Waals surface area contributed by atoms with Crippen LogP contribution in [0.1, 0.15) is 12.8 Å². The van der Waals surface area contributed by atoms with E-state index < -0.39 is 16.1 Å². The van der Waals surface area contributed by atoms with E-state index in [1.807, 2.05) is 0 Å². The molecule has 2 saturated heterocycles. The van der Waals surface area contributed by atoms with Gasteiger partial charge in [-0.2, -0.15) is 4.31 Å². The van der Waals surface area contributed by atoms with Crippen molar-refractivity contribution in [1.82, 2.24) is 9.29 Å². The molecule has 0 spiro atoms. The van der Waals surface area contributed by atoms with Crippen molar-refractivity contribution in [2.24, 2.45) is 0 Å². The van der Waals surface area contributed by atoms with Gasteiger partial charge in [-0.05, 0) is 31.0 Å². The molecule has 2 aromatic rings. The maximum atomic E-state index is 12.8. The number of hydrogen-bond acceptors (Lipinski definition) is 7. The summed E-state index contributed by atoms with van der Waals surface area (Å²) in [6.45, 7) is 2.11. The maximum absolute atomic E-state index is 12.8. The zero-order chi connectivity index (χ0) is 18.1. The lowest BCUT2D eigenvalue weighted by atomic mass is 10.2. The van der Waals surface area contributed by atoms with Gasteiger partial charge in [-0.15, -0.1) is 0 Å². The van der Waals surface area contributed by atoms with E-state index in [4.69, 9.17) is 9.47 Å². The lowest BCUT2D eigenvalue weighted by molar-refractivity contribution is -0.124. The van der Waals surface area contributed by atoms with Crippen LogP contribution in [0.2, 0.25) is 0 Å². The minimum Gasteiger partial charge on any atom is -0.379 e. The Balaban J connectivity index is 1.56. The summed E-state index contributed by atoms with van der Waals surface area (Å²) in [5, 5.41) is 3.21. The van der Waals surface area contributed by atoms with E-state index in [0.29, 0.717) is 54.7 Å². The normalized spacial score (nSPS) is 21.9. The monoisotopic (exact) mass is 397 g/mol. The summed E-state index contributed by atoms with van der Waals surface area (Å²) in [6.07, 6.45) is 1.15. The number of hydrogen-bond donors (Lipinski definition) is 1. The zero-order valence-corrected chi connectivity index (χ0v) is 15.6. The Morgan fingerprint density at radius 3 is 2.81 bits per heavy atom. The molecule has 0 aliphatic carbocycles. The number of nitrogens with one attached hydrogen (secondary N) is 1. The van der Waals surface area contributed by atoms with Gasteiger partial charge in [0.25, 0.3) is 5.91 Å². The van der Waals surface area contributed by atoms with E-state index in [9.17, 15) is 13.2 Å². The average molecular weight is 397 g/mol. The van der Waals surface area contributed by atoms with Crippen LogP contribution in [-0.4, -0.2) is 62.6 Å². The summed E-state index contributed by atoms with van der Waals surface area (Å²) in [7, 11) is -3.56. The molecule has 1 aromatic carbocycles. The summed E-state index contributed by atoms with van der Waals surface area (Å²) in [5.41, 5.74) is 0.651. The predicted octanol–water partition coefficient (Wildman–Crippen LogP) is 1.43. The van der Waals surface area contributed by atoms with E-state index >= 15 is 0 Å². The Morgan fingerprint density at radius 2 is 2.08 bits per heavy atom. The van der Waals surface area contributed by atoms with Crippen molar-refractivity contribution in [1.29, 1.82) is 0 Å². The molecule has 8 nitrogen and oxygen atoms in total. The number of nitrogens with zero attached hydrogens (tertiary/aromatic N) is 2. The third kappa shape index (κ3) is 3.47. The molecule has 10 heteroatoms. The fourth-order valence-corrected chi connectivity index (χ4v) is 5.44. The van der Waals surface area contributed by atoms with Gasteiger partial charge in [-0.25, -0.2) is 13.4 Å². The van der Waals surface area contributed by atoms with Crippen molar-refractivity contribution in [2.45, 2.75) is 23.8 Å². The van der Waals surface area contributed by atoms with Gasteiger partial charge in [0.2, 0.25) is 10.0 Å². The van der Waals surface area contributed by atoms with Crippen molar-refractivity contribution in [3.63, 3.8) is 0 Å². The van der Waals surface area contributed by atoms with E-state index in [-0.39, 0.29) is 10.8 Å². The number of ether oxygens (including phenoxy) is 2. The lowest BCUT2D eigenvalue weighted by Crippen LogP contribution is -2.40. The third-order valence-electron chi connectivity index (χ3n) is 4.42. The van der Waals surface area contributed by atoms with Gasteiger partial charge < -0.3 is 9.47 Å². The van der Waals surface area contributed by atoms with E-state index in [0.717, 1.165) is 6.42 Å². The van der Waals surface area contributed by atoms with Gasteiger partial charge >= 0.3 is 0 Å². The van der Waals surface area contributed by atoms with Crippen LogP contribution in [0.15, 0.2) is 23.1 Å². The van der Waals surface area contributed by atoms with Gasteiger partial charge in [-0.1, -0.05) is 11.3 Å². The number of aromatic nitrogens is 1. The SMILES string of the molecule is O=C(Nc1nc2ccc(S(=O)(=O)N3CCOCC3)cc2s1)[C@H]1CCCO1. The molecular formula is C16H19N3O5S2. The fourth-order valence-electron chi connectivity index (χ4n) is 3.03. The highest BCUT2D eigenvalue weighted by Crippen LogP contribution is 2.30. The third-order valence-corrected chi connectivity index (χ3v) is 7.25. The van der Waals surface area contributed by atoms with Crippen LogP contribution in [0.3, 0.4) is 0 Å². The van der Waals surface area contributed by atoms with Crippen molar-refractivity contribution in [2.75, 3.05) is 38.2 Å². The Labute approximate surface area is 155 Å². The molecule has 2 fully saturated rings. The first-order chi connectivity index (χ1) is 12.5. The van der Waals surface area contributed by atoms with E-state index in [1.165, 1.54) is 15.6 Å². The molecule has 4 rings (SSSR count). The van der Waals surface area contributed by atoms with Gasteiger partial charge in [0.05, 0.1) is 28.3 Å². The molecule has 1 atom stereocenters. The predicted molar refractivity (Wildman–Crippen MR) is 96.8 cm³/mol. The summed E-state index contributed by atoms with van der Waals surface area (Å²) < 4.78 is 38.2. The van der Waals surface area contributed by atoms with Gasteiger partial charge in [0.15, 0.2) is 5.13 Å². The maximum Gasteiger partial charge on any atom is 0.255 e. The van der Waals surface area contributed by atoms with Crippen LogP contribution in [0.25, 0.3) is 10.2 Å². The van der Waals surface area contributed by atoms with Gasteiger partial charge in [0, 0.05) is 19.7 Å². The van der Waals surface area contributed by atoms with Gasteiger partial charge in [-0.3, -0.25) is 10.1 Å². The smallest absolute Gasteiger partial charge is 0.255 e. The number of rotatable bonds is 4. The quantitative estimate of drug-likeness (QED) is 0.838. The molecule has 0 saturated carbocycles. The average Bonchev–Trinajstić information content (AvgIpc) is 3.31. The second kappa shape index (κ2) is 7.20. The molecule has 0 unspecified atom stereocenters. The standard InChI is InChI=1S/C16H19N3O5S2/c20-15(13-2-1-7-24-13)18-16-17-12-4-3-11(10-14(12)25-16)26(21,22)19-5-8-23-9-6-19/h3-4,10,13H,1-2,5-9H2,(H,17,18,20)/t13-/m1/s1. The molecule has 3 heterocycles. The summed E-state index contributed by atoms with van der Waals surface area (Å²) in [6, 6.07) is 4.83. The molecule has 2 aliphatic rings. The molecule has 1 N–H and O–H groups in total. The molecule has 140 valence electrons. The number of benzene rings is 1. The second-order valence-corrected chi connectivity index (χ2v) is 9.12.